The fraction of sp³-hybridized carbons (Fsp3) is 0.346. The van der Waals surface area contributed by atoms with E-state index in [1.54, 1.807) is 12.5 Å². The Morgan fingerprint density at radius 2 is 1.74 bits per heavy atom. The Morgan fingerprint density at radius 3 is 2.29 bits per heavy atom. The van der Waals surface area contributed by atoms with Crippen molar-refractivity contribution in [1.82, 2.24) is 9.55 Å². The third-order valence-electron chi connectivity index (χ3n) is 5.61. The van der Waals surface area contributed by atoms with Gasteiger partial charge in [-0.25, -0.2) is 4.98 Å². The van der Waals surface area contributed by atoms with Crippen LogP contribution < -0.4 is 10.5 Å². The zero-order valence-corrected chi connectivity index (χ0v) is 20.0. The molecule has 2 atom stereocenters. The maximum Gasteiger partial charge on any atom is 0.181 e. The summed E-state index contributed by atoms with van der Waals surface area (Å²) < 4.78 is 7.15. The average molecular weight is 482 g/mol. The lowest BCUT2D eigenvalue weighted by atomic mass is 10.0. The number of nitrogens with two attached hydrogens (primary N) is 1. The standard InChI is InChI=1S/C25H27N3O4.CH4S/c26-25(17-30,28-14-13-27-24(28)15-29)12-11-18-1-3-19(4-2-18)20-7-9-22(10-8-20)32-16-23(31)21-5-6-21;1-2/h1-4,7-10,13-14,21,23,29-31H,5-6,15-17,26H2;2H,1H3. The van der Waals surface area contributed by atoms with Gasteiger partial charge in [-0.05, 0) is 60.4 Å². The van der Waals surface area contributed by atoms with Gasteiger partial charge in [-0.3, -0.25) is 5.73 Å². The van der Waals surface area contributed by atoms with E-state index in [-0.39, 0.29) is 12.7 Å². The van der Waals surface area contributed by atoms with E-state index in [1.165, 1.54) is 10.8 Å². The Bertz CT molecular complexity index is 1100. The highest BCUT2D eigenvalue weighted by Crippen LogP contribution is 2.33. The number of nitrogens with zero attached hydrogens (tertiary/aromatic N) is 2. The van der Waals surface area contributed by atoms with Crippen molar-refractivity contribution in [2.24, 2.45) is 11.7 Å². The van der Waals surface area contributed by atoms with Gasteiger partial charge in [0.25, 0.3) is 0 Å². The molecule has 8 heteroatoms. The molecule has 1 aliphatic carbocycles. The molecule has 2 unspecified atom stereocenters. The average Bonchev–Trinajstić information content (AvgIpc) is 3.64. The Hall–Kier alpha value is -2.80. The molecule has 0 radical (unpaired) electrons. The molecule has 1 saturated carbocycles. The van der Waals surface area contributed by atoms with Crippen molar-refractivity contribution in [3.63, 3.8) is 0 Å². The van der Waals surface area contributed by atoms with Crippen molar-refractivity contribution >= 4 is 12.6 Å². The minimum absolute atomic E-state index is 0.298. The largest absolute Gasteiger partial charge is 0.491 e. The van der Waals surface area contributed by atoms with E-state index < -0.39 is 12.3 Å². The van der Waals surface area contributed by atoms with Crippen molar-refractivity contribution in [1.29, 1.82) is 0 Å². The number of aliphatic hydroxyl groups is 3. The predicted molar refractivity (Wildman–Crippen MR) is 135 cm³/mol. The van der Waals surface area contributed by atoms with Crippen molar-refractivity contribution in [2.75, 3.05) is 19.5 Å². The van der Waals surface area contributed by atoms with E-state index in [2.05, 4.69) is 29.5 Å². The molecule has 5 N–H and O–H groups in total. The third-order valence-corrected chi connectivity index (χ3v) is 5.61. The Labute approximate surface area is 205 Å². The predicted octanol–water partition coefficient (Wildman–Crippen LogP) is 2.39. The van der Waals surface area contributed by atoms with Gasteiger partial charge in [0.15, 0.2) is 5.66 Å². The molecule has 1 heterocycles. The SMILES string of the molecule is CS.NC(C#Cc1ccc(-c2ccc(OCC(O)C3CC3)cc2)cc1)(CO)n1ccnc1CO. The zero-order chi connectivity index (χ0) is 24.6. The Balaban J connectivity index is 0.00000158. The van der Waals surface area contributed by atoms with Crippen LogP contribution in [0.4, 0.5) is 0 Å². The van der Waals surface area contributed by atoms with Crippen LogP contribution >= 0.6 is 12.6 Å². The number of aromatic nitrogens is 2. The first-order chi connectivity index (χ1) is 16.5. The van der Waals surface area contributed by atoms with E-state index in [0.29, 0.717) is 18.3 Å². The second-order valence-electron chi connectivity index (χ2n) is 8.02. The summed E-state index contributed by atoms with van der Waals surface area (Å²) in [4.78, 5) is 4.02. The van der Waals surface area contributed by atoms with Gasteiger partial charge in [0.2, 0.25) is 0 Å². The van der Waals surface area contributed by atoms with Gasteiger partial charge in [0.05, 0.1) is 12.7 Å². The molecule has 0 saturated heterocycles. The molecule has 1 fully saturated rings. The monoisotopic (exact) mass is 481 g/mol. The summed E-state index contributed by atoms with van der Waals surface area (Å²) >= 11 is 3.53. The van der Waals surface area contributed by atoms with Crippen molar-refractivity contribution in [2.45, 2.75) is 31.2 Å². The van der Waals surface area contributed by atoms with Gasteiger partial charge in [-0.1, -0.05) is 36.1 Å². The highest BCUT2D eigenvalue weighted by molar-refractivity contribution is 7.79. The first-order valence-corrected chi connectivity index (χ1v) is 11.9. The van der Waals surface area contributed by atoms with E-state index in [9.17, 15) is 15.3 Å². The number of hydrogen-bond acceptors (Lipinski definition) is 7. The van der Waals surface area contributed by atoms with E-state index >= 15 is 0 Å². The number of hydrogen-bond donors (Lipinski definition) is 5. The van der Waals surface area contributed by atoms with Gasteiger partial charge in [-0.2, -0.15) is 12.6 Å². The molecule has 1 aromatic heterocycles. The van der Waals surface area contributed by atoms with Gasteiger partial charge >= 0.3 is 0 Å². The van der Waals surface area contributed by atoms with E-state index in [4.69, 9.17) is 10.5 Å². The Morgan fingerprint density at radius 1 is 1.12 bits per heavy atom. The summed E-state index contributed by atoms with van der Waals surface area (Å²) in [5, 5.41) is 29.1. The second kappa shape index (κ2) is 12.1. The number of rotatable bonds is 8. The molecule has 2 aromatic carbocycles. The van der Waals surface area contributed by atoms with Gasteiger partial charge in [0.1, 0.15) is 24.8 Å². The normalized spacial score (nSPS) is 15.2. The number of benzene rings is 2. The molecule has 0 bridgehead atoms. The molecular weight excluding hydrogens is 450 g/mol. The second-order valence-corrected chi connectivity index (χ2v) is 8.02. The Kier molecular flexibility index (Phi) is 9.16. The van der Waals surface area contributed by atoms with Crippen LogP contribution in [-0.4, -0.2) is 50.4 Å². The summed E-state index contributed by atoms with van der Waals surface area (Å²) in [7, 11) is 0. The summed E-state index contributed by atoms with van der Waals surface area (Å²) in [6.45, 7) is -0.395. The molecule has 4 rings (SSSR count). The lowest BCUT2D eigenvalue weighted by Crippen LogP contribution is -2.46. The van der Waals surface area contributed by atoms with Crippen LogP contribution in [0.25, 0.3) is 11.1 Å². The molecule has 3 aromatic rings. The smallest absolute Gasteiger partial charge is 0.181 e. The van der Waals surface area contributed by atoms with Gasteiger partial charge in [0, 0.05) is 18.0 Å². The van der Waals surface area contributed by atoms with Crippen LogP contribution in [0.3, 0.4) is 0 Å². The molecule has 180 valence electrons. The molecule has 0 spiro atoms. The highest BCUT2D eigenvalue weighted by atomic mass is 32.1. The van der Waals surface area contributed by atoms with Gasteiger partial charge < -0.3 is 24.6 Å². The van der Waals surface area contributed by atoms with Crippen LogP contribution in [0.15, 0.2) is 60.9 Å². The van der Waals surface area contributed by atoms with Crippen LogP contribution in [0.1, 0.15) is 24.2 Å². The number of imidazole rings is 1. The quantitative estimate of drug-likeness (QED) is 0.249. The fourth-order valence-corrected chi connectivity index (χ4v) is 3.46. The maximum atomic E-state index is 9.93. The first kappa shape index (κ1) is 25.8. The van der Waals surface area contributed by atoms with Crippen molar-refractivity contribution in [3.05, 3.63) is 72.3 Å². The number of aliphatic hydroxyl groups excluding tert-OH is 3. The summed E-state index contributed by atoms with van der Waals surface area (Å²) in [6.07, 6.45) is 6.57. The molecule has 0 amide bonds. The van der Waals surface area contributed by atoms with Crippen LogP contribution in [-0.2, 0) is 12.3 Å². The molecule has 1 aliphatic rings. The number of ether oxygens (including phenoxy) is 1. The fourth-order valence-electron chi connectivity index (χ4n) is 3.46. The minimum atomic E-state index is -1.38. The molecule has 34 heavy (non-hydrogen) atoms. The minimum Gasteiger partial charge on any atom is -0.491 e. The molecule has 7 nitrogen and oxygen atoms in total. The van der Waals surface area contributed by atoms with Crippen molar-refractivity contribution < 1.29 is 20.1 Å². The lowest BCUT2D eigenvalue weighted by molar-refractivity contribution is 0.0894. The maximum absolute atomic E-state index is 9.93. The van der Waals surface area contributed by atoms with E-state index in [1.807, 2.05) is 48.5 Å². The topological polar surface area (TPSA) is 114 Å². The van der Waals surface area contributed by atoms with E-state index in [0.717, 1.165) is 35.3 Å². The van der Waals surface area contributed by atoms with Crippen molar-refractivity contribution in [3.8, 4) is 28.7 Å². The van der Waals surface area contributed by atoms with Crippen LogP contribution in [0, 0.1) is 17.8 Å². The summed E-state index contributed by atoms with van der Waals surface area (Å²) in [5.41, 5.74) is 7.68. The number of thiol groups is 1. The molecular formula is C26H31N3O4S. The molecule has 0 aliphatic heterocycles. The third kappa shape index (κ3) is 6.41. The highest BCUT2D eigenvalue weighted by Gasteiger charge is 2.30. The van der Waals surface area contributed by atoms with Crippen LogP contribution in [0.5, 0.6) is 5.75 Å². The van der Waals surface area contributed by atoms with Gasteiger partial charge in [-0.15, -0.1) is 0 Å². The zero-order valence-electron chi connectivity index (χ0n) is 19.1. The summed E-state index contributed by atoms with van der Waals surface area (Å²) in [5.74, 6) is 7.36. The van der Waals surface area contributed by atoms with Crippen LogP contribution in [0.2, 0.25) is 0 Å². The lowest BCUT2D eigenvalue weighted by Gasteiger charge is -2.24. The summed E-state index contributed by atoms with van der Waals surface area (Å²) in [6, 6.07) is 15.5. The first-order valence-electron chi connectivity index (χ1n) is 11.0.